The molecule has 5 nitrogen and oxygen atoms in total. The van der Waals surface area contributed by atoms with E-state index < -0.39 is 22.5 Å². The van der Waals surface area contributed by atoms with Crippen LogP contribution >= 0.6 is 0 Å². The van der Waals surface area contributed by atoms with Crippen molar-refractivity contribution in [3.63, 3.8) is 0 Å². The molecular weight excluding hydrogens is 331 g/mol. The highest BCUT2D eigenvalue weighted by molar-refractivity contribution is 7.85. The SMILES string of the molecule is CC(=O)Nc1ccc(F)c(C(=O)NCCS(=O)c2ccccc2)c1. The van der Waals surface area contributed by atoms with Gasteiger partial charge in [0, 0.05) is 29.8 Å². The Hall–Kier alpha value is -2.54. The molecule has 0 radical (unpaired) electrons. The van der Waals surface area contributed by atoms with Gasteiger partial charge in [-0.15, -0.1) is 0 Å². The summed E-state index contributed by atoms with van der Waals surface area (Å²) in [6, 6.07) is 12.6. The molecule has 126 valence electrons. The van der Waals surface area contributed by atoms with Gasteiger partial charge in [-0.2, -0.15) is 0 Å². The minimum atomic E-state index is -1.24. The second-order valence-electron chi connectivity index (χ2n) is 4.99. The zero-order valence-electron chi connectivity index (χ0n) is 13.0. The fourth-order valence-corrected chi connectivity index (χ4v) is 3.01. The van der Waals surface area contributed by atoms with Crippen molar-refractivity contribution < 1.29 is 18.2 Å². The van der Waals surface area contributed by atoms with Gasteiger partial charge in [-0.05, 0) is 30.3 Å². The third kappa shape index (κ3) is 4.99. The van der Waals surface area contributed by atoms with Crippen molar-refractivity contribution in [1.29, 1.82) is 0 Å². The number of rotatable bonds is 6. The van der Waals surface area contributed by atoms with Crippen molar-refractivity contribution in [2.45, 2.75) is 11.8 Å². The molecule has 0 bridgehead atoms. The smallest absolute Gasteiger partial charge is 0.254 e. The second-order valence-corrected chi connectivity index (χ2v) is 6.57. The van der Waals surface area contributed by atoms with E-state index in [0.29, 0.717) is 10.6 Å². The summed E-state index contributed by atoms with van der Waals surface area (Å²) >= 11 is 0. The number of nitrogens with one attached hydrogen (secondary N) is 2. The lowest BCUT2D eigenvalue weighted by Crippen LogP contribution is -2.28. The van der Waals surface area contributed by atoms with E-state index in [1.807, 2.05) is 6.07 Å². The fourth-order valence-electron chi connectivity index (χ4n) is 2.02. The lowest BCUT2D eigenvalue weighted by atomic mass is 10.1. The summed E-state index contributed by atoms with van der Waals surface area (Å²) in [6.07, 6.45) is 0. The van der Waals surface area contributed by atoms with E-state index in [-0.39, 0.29) is 23.8 Å². The molecule has 0 saturated heterocycles. The quantitative estimate of drug-likeness (QED) is 0.841. The van der Waals surface area contributed by atoms with Crippen LogP contribution in [-0.4, -0.2) is 28.3 Å². The van der Waals surface area contributed by atoms with E-state index in [1.165, 1.54) is 19.1 Å². The molecule has 1 atom stereocenters. The molecule has 0 heterocycles. The van der Waals surface area contributed by atoms with Crippen LogP contribution in [0.1, 0.15) is 17.3 Å². The maximum Gasteiger partial charge on any atom is 0.254 e. The number of halogens is 1. The Morgan fingerprint density at radius 2 is 1.83 bits per heavy atom. The van der Waals surface area contributed by atoms with Crippen molar-refractivity contribution in [2.75, 3.05) is 17.6 Å². The zero-order valence-corrected chi connectivity index (χ0v) is 13.9. The molecule has 2 N–H and O–H groups in total. The van der Waals surface area contributed by atoms with Gasteiger partial charge in [-0.25, -0.2) is 4.39 Å². The Balaban J connectivity index is 1.95. The molecule has 0 spiro atoms. The van der Waals surface area contributed by atoms with Gasteiger partial charge in [-0.3, -0.25) is 13.8 Å². The molecule has 24 heavy (non-hydrogen) atoms. The van der Waals surface area contributed by atoms with Crippen LogP contribution in [0, 0.1) is 5.82 Å². The first-order valence-corrected chi connectivity index (χ1v) is 8.58. The van der Waals surface area contributed by atoms with Gasteiger partial charge in [0.2, 0.25) is 5.91 Å². The summed E-state index contributed by atoms with van der Waals surface area (Å²) in [7, 11) is -1.24. The highest BCUT2D eigenvalue weighted by Gasteiger charge is 2.13. The van der Waals surface area contributed by atoms with Crippen LogP contribution in [0.25, 0.3) is 0 Å². The number of hydrogen-bond acceptors (Lipinski definition) is 3. The third-order valence-electron chi connectivity index (χ3n) is 3.11. The average Bonchev–Trinajstić information content (AvgIpc) is 2.56. The van der Waals surface area contributed by atoms with Gasteiger partial charge in [0.15, 0.2) is 0 Å². The molecule has 2 aromatic carbocycles. The van der Waals surface area contributed by atoms with Crippen molar-refractivity contribution in [3.05, 3.63) is 59.9 Å². The third-order valence-corrected chi connectivity index (χ3v) is 4.48. The average molecular weight is 348 g/mol. The number of anilines is 1. The number of benzene rings is 2. The molecule has 0 aliphatic rings. The normalized spacial score (nSPS) is 11.6. The monoisotopic (exact) mass is 348 g/mol. The molecule has 1 unspecified atom stereocenters. The maximum atomic E-state index is 13.8. The summed E-state index contributed by atoms with van der Waals surface area (Å²) in [5, 5.41) is 5.03. The number of hydrogen-bond donors (Lipinski definition) is 2. The first kappa shape index (κ1) is 17.8. The molecule has 0 aliphatic heterocycles. The van der Waals surface area contributed by atoms with E-state index in [9.17, 15) is 18.2 Å². The minimum absolute atomic E-state index is 0.143. The lowest BCUT2D eigenvalue weighted by Gasteiger charge is -2.08. The number of carbonyl (C=O) groups excluding carboxylic acids is 2. The van der Waals surface area contributed by atoms with Crippen molar-refractivity contribution in [3.8, 4) is 0 Å². The fraction of sp³-hybridized carbons (Fsp3) is 0.176. The summed E-state index contributed by atoms with van der Waals surface area (Å²) in [5.74, 6) is -1.40. The van der Waals surface area contributed by atoms with Crippen LogP contribution in [0.15, 0.2) is 53.4 Å². The molecule has 0 fully saturated rings. The van der Waals surface area contributed by atoms with Gasteiger partial charge in [-0.1, -0.05) is 18.2 Å². The largest absolute Gasteiger partial charge is 0.351 e. The Morgan fingerprint density at radius 1 is 1.12 bits per heavy atom. The van der Waals surface area contributed by atoms with E-state index in [4.69, 9.17) is 0 Å². The van der Waals surface area contributed by atoms with Crippen LogP contribution in [-0.2, 0) is 15.6 Å². The molecule has 7 heteroatoms. The molecule has 0 aromatic heterocycles. The minimum Gasteiger partial charge on any atom is -0.351 e. The number of amides is 2. The molecule has 0 aliphatic carbocycles. The first-order chi connectivity index (χ1) is 11.5. The van der Waals surface area contributed by atoms with Gasteiger partial charge < -0.3 is 10.6 Å². The van der Waals surface area contributed by atoms with Crippen LogP contribution in [0.4, 0.5) is 10.1 Å². The Bertz CT molecular complexity index is 766. The molecule has 0 saturated carbocycles. The predicted molar refractivity (Wildman–Crippen MR) is 90.8 cm³/mol. The second kappa shape index (κ2) is 8.35. The topological polar surface area (TPSA) is 75.3 Å². The summed E-state index contributed by atoms with van der Waals surface area (Å²) < 4.78 is 25.8. The van der Waals surface area contributed by atoms with Crippen molar-refractivity contribution >= 4 is 28.3 Å². The Morgan fingerprint density at radius 3 is 2.50 bits per heavy atom. The van der Waals surface area contributed by atoms with Gasteiger partial charge >= 0.3 is 0 Å². The van der Waals surface area contributed by atoms with Crippen molar-refractivity contribution in [1.82, 2.24) is 5.32 Å². The zero-order chi connectivity index (χ0) is 17.5. The number of carbonyl (C=O) groups is 2. The molecule has 2 aromatic rings. The van der Waals surface area contributed by atoms with Crippen LogP contribution in [0.5, 0.6) is 0 Å². The van der Waals surface area contributed by atoms with Crippen LogP contribution in [0.3, 0.4) is 0 Å². The standard InChI is InChI=1S/C17H17FN2O3S/c1-12(21)20-13-7-8-16(18)15(11-13)17(22)19-9-10-24(23)14-5-3-2-4-6-14/h2-8,11H,9-10H2,1H3,(H,19,22)(H,20,21). The highest BCUT2D eigenvalue weighted by Crippen LogP contribution is 2.15. The van der Waals surface area contributed by atoms with Crippen LogP contribution in [0.2, 0.25) is 0 Å². The summed E-state index contributed by atoms with van der Waals surface area (Å²) in [4.78, 5) is 23.8. The van der Waals surface area contributed by atoms with E-state index in [0.717, 1.165) is 6.07 Å². The molecule has 2 rings (SSSR count). The van der Waals surface area contributed by atoms with Gasteiger partial charge in [0.05, 0.1) is 16.4 Å². The summed E-state index contributed by atoms with van der Waals surface area (Å²) in [5.41, 5.74) is 0.161. The van der Waals surface area contributed by atoms with Crippen LogP contribution < -0.4 is 10.6 Å². The lowest BCUT2D eigenvalue weighted by molar-refractivity contribution is -0.114. The van der Waals surface area contributed by atoms with Gasteiger partial charge in [0.1, 0.15) is 5.82 Å². The van der Waals surface area contributed by atoms with E-state index in [2.05, 4.69) is 10.6 Å². The molecular formula is C17H17FN2O3S. The first-order valence-electron chi connectivity index (χ1n) is 7.26. The predicted octanol–water partition coefficient (Wildman–Crippen LogP) is 2.32. The highest BCUT2D eigenvalue weighted by atomic mass is 32.2. The maximum absolute atomic E-state index is 13.8. The van der Waals surface area contributed by atoms with E-state index in [1.54, 1.807) is 24.3 Å². The Labute approximate surface area is 141 Å². The van der Waals surface area contributed by atoms with Gasteiger partial charge in [0.25, 0.3) is 5.91 Å². The van der Waals surface area contributed by atoms with E-state index >= 15 is 0 Å². The Kier molecular flexibility index (Phi) is 6.20. The molecule has 2 amide bonds. The van der Waals surface area contributed by atoms with Crippen molar-refractivity contribution in [2.24, 2.45) is 0 Å². The summed E-state index contributed by atoms with van der Waals surface area (Å²) in [6.45, 7) is 1.46.